The molecule has 2 heterocycles. The van der Waals surface area contributed by atoms with Crippen LogP contribution >= 0.6 is 15.3 Å². The summed E-state index contributed by atoms with van der Waals surface area (Å²) in [4.78, 5) is 0. The minimum Gasteiger partial charge on any atom is -0.353 e. The molecular weight excluding hydrogens is 464 g/mol. The van der Waals surface area contributed by atoms with E-state index in [1.807, 2.05) is 0 Å². The molecule has 0 saturated carbocycles. The fraction of sp³-hybridized carbons (Fsp3) is 1.00. The molecule has 2 aliphatic rings. The van der Waals surface area contributed by atoms with Crippen LogP contribution in [0.2, 0.25) is 0 Å². The van der Waals surface area contributed by atoms with Crippen LogP contribution in [0.3, 0.4) is 0 Å². The van der Waals surface area contributed by atoms with Gasteiger partial charge >= 0.3 is 15.3 Å². The van der Waals surface area contributed by atoms with E-state index in [2.05, 4.69) is 5.09 Å². The molecule has 2 aliphatic heterocycles. The minimum absolute atomic E-state index is 0.0995. The highest BCUT2D eigenvalue weighted by molar-refractivity contribution is 7.57. The summed E-state index contributed by atoms with van der Waals surface area (Å²) >= 11 is 0. The summed E-state index contributed by atoms with van der Waals surface area (Å²) in [5.74, 6) is -2.19. The zero-order valence-corrected chi connectivity index (χ0v) is 22.2. The topological polar surface area (TPSA) is 120 Å². The quantitative estimate of drug-likeness (QED) is 0.367. The van der Waals surface area contributed by atoms with Gasteiger partial charge in [0.15, 0.2) is 12.1 Å². The Bertz CT molecular complexity index is 680. The van der Waals surface area contributed by atoms with Crippen molar-refractivity contribution in [2.24, 2.45) is 0 Å². The van der Waals surface area contributed by atoms with Gasteiger partial charge in [0.2, 0.25) is 0 Å². The number of methoxy groups -OCH3 is 1. The van der Waals surface area contributed by atoms with Crippen LogP contribution in [0.1, 0.15) is 55.4 Å². The summed E-state index contributed by atoms with van der Waals surface area (Å²) < 4.78 is 73.6. The summed E-state index contributed by atoms with van der Waals surface area (Å²) in [6, 6.07) is 0. The number of hydrogen-bond donors (Lipinski definition) is 1. The highest BCUT2D eigenvalue weighted by atomic mass is 31.2. The number of rotatable bonds is 13. The van der Waals surface area contributed by atoms with Crippen LogP contribution in [0, 0.1) is 0 Å². The predicted octanol–water partition coefficient (Wildman–Crippen LogP) is 4.02. The SMILES string of the molecule is CCOP(=O)(NC([C@H]1O[C@@H](OC)[C@@H]2OC(C)(C)O[C@@H]21)P(=O)(OC(C)C)OC(C)C)OCC. The van der Waals surface area contributed by atoms with Crippen molar-refractivity contribution in [3.8, 4) is 0 Å². The fourth-order valence-corrected chi connectivity index (χ4v) is 8.17. The molecule has 2 saturated heterocycles. The van der Waals surface area contributed by atoms with E-state index in [9.17, 15) is 9.13 Å². The van der Waals surface area contributed by atoms with Gasteiger partial charge in [-0.1, -0.05) is 0 Å². The Balaban J connectivity index is 2.54. The van der Waals surface area contributed by atoms with E-state index in [4.69, 9.17) is 37.0 Å². The largest absolute Gasteiger partial charge is 0.406 e. The predicted molar refractivity (Wildman–Crippen MR) is 117 cm³/mol. The Morgan fingerprint density at radius 3 is 1.88 bits per heavy atom. The van der Waals surface area contributed by atoms with Crippen LogP contribution in [0.15, 0.2) is 0 Å². The molecule has 0 spiro atoms. The van der Waals surface area contributed by atoms with Gasteiger partial charge in [-0.3, -0.25) is 13.6 Å². The van der Waals surface area contributed by atoms with Gasteiger partial charge in [-0.25, -0.2) is 9.65 Å². The molecule has 2 rings (SSSR count). The first-order valence-corrected chi connectivity index (χ1v) is 14.1. The molecule has 0 aromatic heterocycles. The average Bonchev–Trinajstić information content (AvgIpc) is 3.11. The lowest BCUT2D eigenvalue weighted by Crippen LogP contribution is -2.47. The monoisotopic (exact) mass is 503 g/mol. The Kier molecular flexibility index (Phi) is 9.94. The first-order valence-electron chi connectivity index (χ1n) is 11.0. The summed E-state index contributed by atoms with van der Waals surface area (Å²) in [6.45, 7) is 14.0. The molecule has 13 heteroatoms. The van der Waals surface area contributed by atoms with Gasteiger partial charge in [0.25, 0.3) is 0 Å². The second kappa shape index (κ2) is 11.2. The second-order valence-electron chi connectivity index (χ2n) is 8.52. The highest BCUT2D eigenvalue weighted by Crippen LogP contribution is 2.61. The van der Waals surface area contributed by atoms with Gasteiger partial charge in [-0.15, -0.1) is 0 Å². The Hall–Kier alpha value is 0.1000. The molecule has 32 heavy (non-hydrogen) atoms. The Morgan fingerprint density at radius 2 is 1.44 bits per heavy atom. The van der Waals surface area contributed by atoms with Crippen LogP contribution in [0.4, 0.5) is 0 Å². The van der Waals surface area contributed by atoms with Gasteiger partial charge in [0.1, 0.15) is 24.1 Å². The third kappa shape index (κ3) is 6.83. The lowest BCUT2D eigenvalue weighted by Gasteiger charge is -2.36. The molecule has 2 fully saturated rings. The molecule has 11 nitrogen and oxygen atoms in total. The molecule has 5 atom stereocenters. The standard InChI is InChI=1S/C19H39NO10P2/c1-10-24-32(22,25-11-2)20-17(31(21,29-12(3)4)30-13(5)6)15-14-16(18(23-9)26-15)28-19(7,8)27-14/h12-18H,10-11H2,1-9H3,(H,20,22)/t14-,15+,16-,17?,18-/m1/s1. The second-order valence-corrected chi connectivity index (χ2v) is 12.4. The molecule has 0 bridgehead atoms. The summed E-state index contributed by atoms with van der Waals surface area (Å²) in [5.41, 5.74) is 0. The smallest absolute Gasteiger partial charge is 0.353 e. The van der Waals surface area contributed by atoms with Gasteiger partial charge < -0.3 is 28.0 Å². The lowest BCUT2D eigenvalue weighted by atomic mass is 10.1. The number of ether oxygens (including phenoxy) is 4. The molecule has 0 aliphatic carbocycles. The van der Waals surface area contributed by atoms with Gasteiger partial charge in [-0.2, -0.15) is 0 Å². The van der Waals surface area contributed by atoms with Crippen LogP contribution in [0.5, 0.6) is 0 Å². The molecule has 0 radical (unpaired) electrons. The first kappa shape index (κ1) is 28.3. The van der Waals surface area contributed by atoms with Gasteiger partial charge in [0, 0.05) is 7.11 Å². The summed E-state index contributed by atoms with van der Waals surface area (Å²) in [5, 5.41) is 2.79. The van der Waals surface area contributed by atoms with Crippen molar-refractivity contribution < 1.29 is 46.2 Å². The van der Waals surface area contributed by atoms with E-state index in [1.165, 1.54) is 7.11 Å². The maximum atomic E-state index is 14.2. The minimum atomic E-state index is -4.02. The van der Waals surface area contributed by atoms with Gasteiger partial charge in [-0.05, 0) is 55.4 Å². The third-order valence-corrected chi connectivity index (χ3v) is 9.06. The third-order valence-electron chi connectivity index (χ3n) is 4.54. The van der Waals surface area contributed by atoms with Crippen LogP contribution in [0.25, 0.3) is 0 Å². The van der Waals surface area contributed by atoms with E-state index in [-0.39, 0.29) is 13.2 Å². The molecule has 1 unspecified atom stereocenters. The van der Waals surface area contributed by atoms with Crippen LogP contribution in [-0.2, 0) is 46.2 Å². The van der Waals surface area contributed by atoms with Gasteiger partial charge in [0.05, 0.1) is 25.4 Å². The van der Waals surface area contributed by atoms with E-state index in [0.717, 1.165) is 0 Å². The van der Waals surface area contributed by atoms with Crippen molar-refractivity contribution in [1.29, 1.82) is 0 Å². The van der Waals surface area contributed by atoms with Crippen LogP contribution in [-0.4, -0.2) is 68.7 Å². The van der Waals surface area contributed by atoms with Crippen molar-refractivity contribution in [3.05, 3.63) is 0 Å². The van der Waals surface area contributed by atoms with Crippen molar-refractivity contribution >= 4 is 15.3 Å². The average molecular weight is 503 g/mol. The maximum absolute atomic E-state index is 14.2. The number of fused-ring (bicyclic) bond motifs is 1. The fourth-order valence-electron chi connectivity index (χ4n) is 3.72. The zero-order valence-electron chi connectivity index (χ0n) is 20.4. The zero-order chi connectivity index (χ0) is 24.3. The lowest BCUT2D eigenvalue weighted by molar-refractivity contribution is -0.227. The summed E-state index contributed by atoms with van der Waals surface area (Å²) in [7, 11) is -6.46. The highest BCUT2D eigenvalue weighted by Gasteiger charge is 2.62. The van der Waals surface area contributed by atoms with Crippen molar-refractivity contribution in [2.75, 3.05) is 20.3 Å². The van der Waals surface area contributed by atoms with E-state index >= 15 is 0 Å². The van der Waals surface area contributed by atoms with E-state index in [1.54, 1.807) is 55.4 Å². The molecule has 1 N–H and O–H groups in total. The summed E-state index contributed by atoms with van der Waals surface area (Å²) in [6.07, 6.45) is -4.01. The Morgan fingerprint density at radius 1 is 0.938 bits per heavy atom. The number of nitrogens with one attached hydrogen (secondary N) is 1. The van der Waals surface area contributed by atoms with E-state index < -0.39 is 63.7 Å². The van der Waals surface area contributed by atoms with Crippen molar-refractivity contribution in [3.63, 3.8) is 0 Å². The van der Waals surface area contributed by atoms with Crippen LogP contribution < -0.4 is 5.09 Å². The van der Waals surface area contributed by atoms with Crippen molar-refractivity contribution in [2.45, 2.75) is 104 Å². The normalized spacial score (nSPS) is 29.1. The number of hydrogen-bond acceptors (Lipinski definition) is 10. The molecule has 0 amide bonds. The molecular formula is C19H39NO10P2. The Labute approximate surface area is 191 Å². The van der Waals surface area contributed by atoms with E-state index in [0.29, 0.717) is 0 Å². The first-order chi connectivity index (χ1) is 14.8. The molecule has 190 valence electrons. The maximum Gasteiger partial charge on any atom is 0.406 e. The molecule has 0 aromatic rings. The molecule has 0 aromatic carbocycles. The van der Waals surface area contributed by atoms with Crippen molar-refractivity contribution in [1.82, 2.24) is 5.09 Å².